The first-order valence-electron chi connectivity index (χ1n) is 8.02. The van der Waals surface area contributed by atoms with Crippen molar-refractivity contribution in [1.29, 1.82) is 0 Å². The number of carbonyl (C=O) groups is 1. The van der Waals surface area contributed by atoms with Gasteiger partial charge in [0.25, 0.3) is 0 Å². The van der Waals surface area contributed by atoms with Crippen molar-refractivity contribution in [3.63, 3.8) is 0 Å². The van der Waals surface area contributed by atoms with Crippen molar-refractivity contribution in [1.82, 2.24) is 10.2 Å². The number of nitrogens with zero attached hydrogens (tertiary/aromatic N) is 1. The van der Waals surface area contributed by atoms with E-state index in [9.17, 15) is 4.79 Å². The van der Waals surface area contributed by atoms with E-state index < -0.39 is 0 Å². The molecule has 110 valence electrons. The zero-order valence-electron chi connectivity index (χ0n) is 12.9. The van der Waals surface area contributed by atoms with E-state index in [0.29, 0.717) is 11.5 Å². The number of piperidine rings is 1. The molecule has 0 spiro atoms. The third-order valence-electron chi connectivity index (χ3n) is 4.94. The van der Waals surface area contributed by atoms with Gasteiger partial charge >= 0.3 is 6.03 Å². The molecule has 19 heavy (non-hydrogen) atoms. The molecule has 1 heterocycles. The molecule has 1 aliphatic carbocycles. The van der Waals surface area contributed by atoms with Gasteiger partial charge in [0.2, 0.25) is 0 Å². The van der Waals surface area contributed by atoms with Crippen LogP contribution in [0.4, 0.5) is 4.79 Å². The standard InChI is InChI=1S/C16H30N2O/c1-16(2,3)13-9-11-18(12-10-13)15(19)17-14-7-5-4-6-8-14/h13-14H,4-12H2,1-3H3,(H,17,19). The van der Waals surface area contributed by atoms with Crippen molar-refractivity contribution in [2.45, 2.75) is 71.8 Å². The number of carbonyl (C=O) groups excluding carboxylic acids is 1. The summed E-state index contributed by atoms with van der Waals surface area (Å²) in [7, 11) is 0. The minimum absolute atomic E-state index is 0.180. The lowest BCUT2D eigenvalue weighted by molar-refractivity contribution is 0.119. The monoisotopic (exact) mass is 266 g/mol. The summed E-state index contributed by atoms with van der Waals surface area (Å²) in [6, 6.07) is 0.612. The molecule has 0 atom stereocenters. The van der Waals surface area contributed by atoms with Crippen LogP contribution in [0, 0.1) is 11.3 Å². The van der Waals surface area contributed by atoms with Gasteiger partial charge in [0.05, 0.1) is 0 Å². The normalized spacial score (nSPS) is 23.4. The minimum Gasteiger partial charge on any atom is -0.335 e. The molecule has 0 unspecified atom stereocenters. The summed E-state index contributed by atoms with van der Waals surface area (Å²) in [5.74, 6) is 0.756. The van der Waals surface area contributed by atoms with E-state index >= 15 is 0 Å². The van der Waals surface area contributed by atoms with Gasteiger partial charge in [0.1, 0.15) is 0 Å². The Morgan fingerprint density at radius 3 is 2.11 bits per heavy atom. The molecule has 0 bridgehead atoms. The first-order valence-corrected chi connectivity index (χ1v) is 8.02. The van der Waals surface area contributed by atoms with Crippen molar-refractivity contribution in [2.24, 2.45) is 11.3 Å². The number of nitrogens with one attached hydrogen (secondary N) is 1. The van der Waals surface area contributed by atoms with Crippen molar-refractivity contribution < 1.29 is 4.79 Å². The van der Waals surface area contributed by atoms with E-state index in [-0.39, 0.29) is 6.03 Å². The van der Waals surface area contributed by atoms with Crippen molar-refractivity contribution >= 4 is 6.03 Å². The van der Waals surface area contributed by atoms with Gasteiger partial charge in [-0.15, -0.1) is 0 Å². The smallest absolute Gasteiger partial charge is 0.317 e. The second-order valence-electron chi connectivity index (χ2n) is 7.41. The summed E-state index contributed by atoms with van der Waals surface area (Å²) < 4.78 is 0. The molecule has 0 radical (unpaired) electrons. The van der Waals surface area contributed by atoms with Crippen LogP contribution in [0.1, 0.15) is 65.7 Å². The lowest BCUT2D eigenvalue weighted by atomic mass is 9.75. The zero-order valence-corrected chi connectivity index (χ0v) is 12.9. The van der Waals surface area contributed by atoms with E-state index in [1.54, 1.807) is 0 Å². The minimum atomic E-state index is 0.180. The average Bonchev–Trinajstić information content (AvgIpc) is 2.39. The maximum absolute atomic E-state index is 12.2. The van der Waals surface area contributed by atoms with Gasteiger partial charge in [-0.3, -0.25) is 0 Å². The van der Waals surface area contributed by atoms with E-state index in [4.69, 9.17) is 0 Å². The summed E-state index contributed by atoms with van der Waals surface area (Å²) in [5, 5.41) is 3.23. The van der Waals surface area contributed by atoms with Crippen LogP contribution in [0.15, 0.2) is 0 Å². The first kappa shape index (κ1) is 14.7. The fraction of sp³-hybridized carbons (Fsp3) is 0.938. The predicted molar refractivity (Wildman–Crippen MR) is 79.2 cm³/mol. The van der Waals surface area contributed by atoms with Gasteiger partial charge in [-0.1, -0.05) is 40.0 Å². The first-order chi connectivity index (χ1) is 8.97. The van der Waals surface area contributed by atoms with Crippen LogP contribution in [0.2, 0.25) is 0 Å². The van der Waals surface area contributed by atoms with Gasteiger partial charge in [-0.25, -0.2) is 4.79 Å². The molecule has 1 aliphatic heterocycles. The Labute approximate surface area is 118 Å². The molecule has 1 saturated heterocycles. The van der Waals surface area contributed by atoms with Gasteiger partial charge in [0.15, 0.2) is 0 Å². The van der Waals surface area contributed by atoms with Crippen molar-refractivity contribution in [3.05, 3.63) is 0 Å². The highest BCUT2D eigenvalue weighted by atomic mass is 16.2. The Kier molecular flexibility index (Phi) is 4.75. The fourth-order valence-corrected chi connectivity index (χ4v) is 3.46. The molecule has 2 aliphatic rings. The molecule has 1 N–H and O–H groups in total. The zero-order chi connectivity index (χ0) is 13.9. The molecule has 0 aromatic rings. The number of urea groups is 1. The van der Waals surface area contributed by atoms with Gasteiger partial charge in [-0.05, 0) is 37.0 Å². The number of amides is 2. The lowest BCUT2D eigenvalue weighted by Gasteiger charge is -2.39. The highest BCUT2D eigenvalue weighted by Gasteiger charge is 2.30. The molecule has 2 rings (SSSR count). The average molecular weight is 266 g/mol. The Hall–Kier alpha value is -0.730. The van der Waals surface area contributed by atoms with Crippen LogP contribution in [0.3, 0.4) is 0 Å². The third-order valence-corrected chi connectivity index (χ3v) is 4.94. The SMILES string of the molecule is CC(C)(C)C1CCN(C(=O)NC2CCCCC2)CC1. The Balaban J connectivity index is 1.76. The summed E-state index contributed by atoms with van der Waals surface area (Å²) in [6.45, 7) is 8.81. The molecule has 3 heteroatoms. The molecule has 0 aromatic carbocycles. The largest absolute Gasteiger partial charge is 0.335 e. The molecule has 2 amide bonds. The van der Waals surface area contributed by atoms with Crippen molar-refractivity contribution in [2.75, 3.05) is 13.1 Å². The predicted octanol–water partition coefficient (Wildman–Crippen LogP) is 3.79. The fourth-order valence-electron chi connectivity index (χ4n) is 3.46. The molecular formula is C16H30N2O. The molecule has 2 fully saturated rings. The molecule has 3 nitrogen and oxygen atoms in total. The van der Waals surface area contributed by atoms with E-state index in [0.717, 1.165) is 31.8 Å². The van der Waals surface area contributed by atoms with Gasteiger partial charge in [0, 0.05) is 19.1 Å². The summed E-state index contributed by atoms with van der Waals surface area (Å²) in [5.41, 5.74) is 0.381. The third kappa shape index (κ3) is 4.12. The lowest BCUT2D eigenvalue weighted by Crippen LogP contribution is -2.49. The van der Waals surface area contributed by atoms with Crippen LogP contribution in [-0.4, -0.2) is 30.1 Å². The van der Waals surface area contributed by atoms with E-state index in [1.807, 2.05) is 4.90 Å². The number of hydrogen-bond acceptors (Lipinski definition) is 1. The second kappa shape index (κ2) is 6.15. The number of hydrogen-bond donors (Lipinski definition) is 1. The highest BCUT2D eigenvalue weighted by Crippen LogP contribution is 2.34. The van der Waals surface area contributed by atoms with Crippen LogP contribution >= 0.6 is 0 Å². The second-order valence-corrected chi connectivity index (χ2v) is 7.41. The summed E-state index contributed by atoms with van der Waals surface area (Å²) in [6.07, 6.45) is 8.54. The van der Waals surface area contributed by atoms with Gasteiger partial charge < -0.3 is 10.2 Å². The maximum atomic E-state index is 12.2. The van der Waals surface area contributed by atoms with Crippen LogP contribution in [0.25, 0.3) is 0 Å². The van der Waals surface area contributed by atoms with Crippen LogP contribution in [-0.2, 0) is 0 Å². The van der Waals surface area contributed by atoms with Crippen LogP contribution < -0.4 is 5.32 Å². The number of rotatable bonds is 1. The molecule has 1 saturated carbocycles. The topological polar surface area (TPSA) is 32.3 Å². The highest BCUT2D eigenvalue weighted by molar-refractivity contribution is 5.74. The summed E-state index contributed by atoms with van der Waals surface area (Å²) >= 11 is 0. The molecular weight excluding hydrogens is 236 g/mol. The molecule has 0 aromatic heterocycles. The summed E-state index contributed by atoms with van der Waals surface area (Å²) in [4.78, 5) is 14.3. The van der Waals surface area contributed by atoms with Gasteiger partial charge in [-0.2, -0.15) is 0 Å². The Morgan fingerprint density at radius 2 is 1.58 bits per heavy atom. The maximum Gasteiger partial charge on any atom is 0.317 e. The quantitative estimate of drug-likeness (QED) is 0.769. The van der Waals surface area contributed by atoms with Crippen molar-refractivity contribution in [3.8, 4) is 0 Å². The van der Waals surface area contributed by atoms with Crippen LogP contribution in [0.5, 0.6) is 0 Å². The Morgan fingerprint density at radius 1 is 1.00 bits per heavy atom. The Bertz CT molecular complexity index is 294. The van der Waals surface area contributed by atoms with E-state index in [2.05, 4.69) is 26.1 Å². The number of likely N-dealkylation sites (tertiary alicyclic amines) is 1. The van der Waals surface area contributed by atoms with E-state index in [1.165, 1.54) is 32.1 Å².